The van der Waals surface area contributed by atoms with E-state index in [1.807, 2.05) is 0 Å². The van der Waals surface area contributed by atoms with Crippen molar-refractivity contribution in [2.75, 3.05) is 27.9 Å². The summed E-state index contributed by atoms with van der Waals surface area (Å²) in [6.45, 7) is -0.214. The van der Waals surface area contributed by atoms with Gasteiger partial charge in [0.15, 0.2) is 11.5 Å². The van der Waals surface area contributed by atoms with Crippen LogP contribution < -0.4 is 14.2 Å². The second kappa shape index (κ2) is 8.69. The average molecular weight is 411 g/mol. The van der Waals surface area contributed by atoms with Gasteiger partial charge in [0, 0.05) is 17.7 Å². The quantitative estimate of drug-likeness (QED) is 0.552. The molecule has 2 amide bonds. The number of amides is 2. The van der Waals surface area contributed by atoms with Gasteiger partial charge in [0.05, 0.1) is 27.8 Å². The average Bonchev–Trinajstić information content (AvgIpc) is 2.75. The molecule has 0 aromatic heterocycles. The van der Waals surface area contributed by atoms with Crippen LogP contribution in [0, 0.1) is 0 Å². The molecule has 0 spiro atoms. The smallest absolute Gasteiger partial charge is 0.305 e. The van der Waals surface area contributed by atoms with Gasteiger partial charge in [0.1, 0.15) is 0 Å². The van der Waals surface area contributed by atoms with Gasteiger partial charge in [-0.05, 0) is 35.4 Å². The molecule has 3 rings (SSSR count). The SMILES string of the molecule is COc1cc(/C=C2\C(=O)N(CCC(=O)O)C(=O)c3ccccc32)cc(OC)c1OC. The predicted molar refractivity (Wildman–Crippen MR) is 109 cm³/mol. The summed E-state index contributed by atoms with van der Waals surface area (Å²) >= 11 is 0. The van der Waals surface area contributed by atoms with Gasteiger partial charge in [-0.2, -0.15) is 0 Å². The second-order valence-corrected chi connectivity index (χ2v) is 6.47. The van der Waals surface area contributed by atoms with E-state index in [0.717, 1.165) is 4.90 Å². The van der Waals surface area contributed by atoms with E-state index in [4.69, 9.17) is 19.3 Å². The largest absolute Gasteiger partial charge is 0.493 e. The zero-order chi connectivity index (χ0) is 21.8. The van der Waals surface area contributed by atoms with E-state index in [0.29, 0.717) is 33.9 Å². The van der Waals surface area contributed by atoms with Crippen LogP contribution in [0.15, 0.2) is 36.4 Å². The number of aliphatic carboxylic acids is 1. The molecule has 1 aliphatic rings. The summed E-state index contributed by atoms with van der Waals surface area (Å²) in [4.78, 5) is 37.8. The maximum absolute atomic E-state index is 13.1. The Morgan fingerprint density at radius 1 is 0.967 bits per heavy atom. The van der Waals surface area contributed by atoms with Gasteiger partial charge in [-0.25, -0.2) is 0 Å². The number of ether oxygens (including phenoxy) is 3. The number of rotatable bonds is 7. The Morgan fingerprint density at radius 2 is 1.57 bits per heavy atom. The Morgan fingerprint density at radius 3 is 2.10 bits per heavy atom. The van der Waals surface area contributed by atoms with Crippen molar-refractivity contribution in [3.05, 3.63) is 53.1 Å². The molecular formula is C22H21NO7. The fourth-order valence-corrected chi connectivity index (χ4v) is 3.30. The highest BCUT2D eigenvalue weighted by molar-refractivity contribution is 6.33. The van der Waals surface area contributed by atoms with Crippen LogP contribution in [0.25, 0.3) is 11.6 Å². The van der Waals surface area contributed by atoms with E-state index < -0.39 is 17.8 Å². The number of methoxy groups -OCH3 is 3. The van der Waals surface area contributed by atoms with E-state index >= 15 is 0 Å². The lowest BCUT2D eigenvalue weighted by atomic mass is 9.92. The van der Waals surface area contributed by atoms with Gasteiger partial charge in [-0.1, -0.05) is 18.2 Å². The molecule has 30 heavy (non-hydrogen) atoms. The molecule has 0 radical (unpaired) electrons. The molecule has 8 nitrogen and oxygen atoms in total. The number of benzene rings is 2. The number of hydrogen-bond acceptors (Lipinski definition) is 6. The Balaban J connectivity index is 2.14. The number of hydrogen-bond donors (Lipinski definition) is 1. The standard InChI is InChI=1S/C22H21NO7/c1-28-17-11-13(12-18(29-2)20(17)30-3)10-16-14-6-4-5-7-15(14)21(26)23(22(16)27)9-8-19(24)25/h4-7,10-12H,8-9H2,1-3H3,(H,24,25)/b16-10-. The molecule has 8 heteroatoms. The highest BCUT2D eigenvalue weighted by Crippen LogP contribution is 2.40. The molecule has 0 saturated carbocycles. The highest BCUT2D eigenvalue weighted by Gasteiger charge is 2.34. The van der Waals surface area contributed by atoms with Gasteiger partial charge in [-0.3, -0.25) is 19.3 Å². The van der Waals surface area contributed by atoms with E-state index in [2.05, 4.69) is 0 Å². The van der Waals surface area contributed by atoms with Gasteiger partial charge in [0.2, 0.25) is 5.75 Å². The van der Waals surface area contributed by atoms with Crippen LogP contribution in [0.3, 0.4) is 0 Å². The fourth-order valence-electron chi connectivity index (χ4n) is 3.30. The monoisotopic (exact) mass is 411 g/mol. The summed E-state index contributed by atoms with van der Waals surface area (Å²) in [6, 6.07) is 10.1. The van der Waals surface area contributed by atoms with Gasteiger partial charge in [-0.15, -0.1) is 0 Å². The van der Waals surface area contributed by atoms with E-state index in [1.54, 1.807) is 42.5 Å². The first-order chi connectivity index (χ1) is 14.4. The zero-order valence-corrected chi connectivity index (χ0v) is 16.8. The number of imide groups is 1. The molecule has 0 unspecified atom stereocenters. The first-order valence-electron chi connectivity index (χ1n) is 9.10. The molecule has 0 bridgehead atoms. The van der Waals surface area contributed by atoms with E-state index in [1.165, 1.54) is 21.3 Å². The van der Waals surface area contributed by atoms with Crippen LogP contribution in [0.2, 0.25) is 0 Å². The third-order valence-electron chi connectivity index (χ3n) is 4.72. The van der Waals surface area contributed by atoms with Crippen molar-refractivity contribution in [1.82, 2.24) is 4.90 Å². The molecule has 0 fully saturated rings. The van der Waals surface area contributed by atoms with E-state index in [-0.39, 0.29) is 18.5 Å². The van der Waals surface area contributed by atoms with Crippen LogP contribution >= 0.6 is 0 Å². The van der Waals surface area contributed by atoms with Crippen molar-refractivity contribution in [2.24, 2.45) is 0 Å². The van der Waals surface area contributed by atoms with Crippen molar-refractivity contribution < 1.29 is 33.7 Å². The Hall–Kier alpha value is -3.81. The zero-order valence-electron chi connectivity index (χ0n) is 16.8. The minimum absolute atomic E-state index is 0.214. The molecule has 2 aromatic carbocycles. The number of carboxylic acids is 1. The van der Waals surface area contributed by atoms with E-state index in [9.17, 15) is 14.4 Å². The maximum atomic E-state index is 13.1. The highest BCUT2D eigenvalue weighted by atomic mass is 16.5. The lowest BCUT2D eigenvalue weighted by Crippen LogP contribution is -2.42. The summed E-state index contributed by atoms with van der Waals surface area (Å²) in [5.41, 5.74) is 1.68. The number of nitrogens with zero attached hydrogens (tertiary/aromatic N) is 1. The maximum Gasteiger partial charge on any atom is 0.305 e. The topological polar surface area (TPSA) is 102 Å². The number of fused-ring (bicyclic) bond motifs is 1. The summed E-state index contributed by atoms with van der Waals surface area (Å²) < 4.78 is 16.0. The lowest BCUT2D eigenvalue weighted by Gasteiger charge is -2.28. The molecule has 2 aromatic rings. The minimum atomic E-state index is -1.09. The normalized spacial score (nSPS) is 14.5. The number of carboxylic acid groups (broad SMARTS) is 1. The second-order valence-electron chi connectivity index (χ2n) is 6.47. The molecule has 1 N–H and O–H groups in total. The summed E-state index contributed by atoms with van der Waals surface area (Å²) in [5.74, 6) is -0.925. The third kappa shape index (κ3) is 3.84. The Kier molecular flexibility index (Phi) is 6.06. The molecule has 0 saturated heterocycles. The van der Waals surface area contributed by atoms with Crippen molar-refractivity contribution in [3.63, 3.8) is 0 Å². The summed E-state index contributed by atoms with van der Waals surface area (Å²) in [5, 5.41) is 8.97. The molecule has 0 atom stereocenters. The van der Waals surface area contributed by atoms with Crippen molar-refractivity contribution in [1.29, 1.82) is 0 Å². The summed E-state index contributed by atoms with van der Waals surface area (Å²) in [7, 11) is 4.47. The predicted octanol–water partition coefficient (Wildman–Crippen LogP) is 2.71. The molecular weight excluding hydrogens is 390 g/mol. The summed E-state index contributed by atoms with van der Waals surface area (Å²) in [6.07, 6.45) is 1.28. The third-order valence-corrected chi connectivity index (χ3v) is 4.72. The lowest BCUT2D eigenvalue weighted by molar-refractivity contribution is -0.137. The van der Waals surface area contributed by atoms with Gasteiger partial charge < -0.3 is 19.3 Å². The first kappa shape index (κ1) is 20.9. The van der Waals surface area contributed by atoms with Crippen LogP contribution in [0.4, 0.5) is 0 Å². The first-order valence-corrected chi connectivity index (χ1v) is 9.10. The Labute approximate surface area is 173 Å². The van der Waals surface area contributed by atoms with Crippen LogP contribution in [0.1, 0.15) is 27.9 Å². The Bertz CT molecular complexity index is 1020. The fraction of sp³-hybridized carbons (Fsp3) is 0.227. The minimum Gasteiger partial charge on any atom is -0.493 e. The van der Waals surface area contributed by atoms with Crippen molar-refractivity contribution >= 4 is 29.4 Å². The number of carbonyl (C=O) groups excluding carboxylic acids is 2. The molecule has 156 valence electrons. The molecule has 1 aliphatic heterocycles. The van der Waals surface area contributed by atoms with Gasteiger partial charge in [0.25, 0.3) is 11.8 Å². The van der Waals surface area contributed by atoms with Crippen molar-refractivity contribution in [2.45, 2.75) is 6.42 Å². The molecule has 1 heterocycles. The van der Waals surface area contributed by atoms with Gasteiger partial charge >= 0.3 is 5.97 Å². The number of carbonyl (C=O) groups is 3. The van der Waals surface area contributed by atoms with Crippen molar-refractivity contribution in [3.8, 4) is 17.2 Å². The molecule has 0 aliphatic carbocycles. The van der Waals surface area contributed by atoms with Crippen LogP contribution in [0.5, 0.6) is 17.2 Å². The van der Waals surface area contributed by atoms with Crippen LogP contribution in [-0.4, -0.2) is 55.7 Å². The van der Waals surface area contributed by atoms with Crippen LogP contribution in [-0.2, 0) is 9.59 Å².